The Morgan fingerprint density at radius 1 is 1.16 bits per heavy atom. The van der Waals surface area contributed by atoms with Gasteiger partial charge in [0.25, 0.3) is 0 Å². The molecule has 0 saturated carbocycles. The van der Waals surface area contributed by atoms with Crippen molar-refractivity contribution in [3.63, 3.8) is 0 Å². The number of nitrogens with zero attached hydrogens (tertiary/aromatic N) is 1. The average Bonchev–Trinajstić information content (AvgIpc) is 2.98. The number of nitrogens with one attached hydrogen (secondary N) is 1. The van der Waals surface area contributed by atoms with Gasteiger partial charge in [0, 0.05) is 11.8 Å². The molecule has 19 heavy (non-hydrogen) atoms. The fraction of sp³-hybridized carbons (Fsp3) is 0.0667. The molecule has 1 aromatic heterocycles. The van der Waals surface area contributed by atoms with Crippen LogP contribution in [0, 0.1) is 0 Å². The molecule has 0 saturated heterocycles. The molecule has 3 rings (SSSR count). The van der Waals surface area contributed by atoms with Crippen molar-refractivity contribution in [3.8, 4) is 0 Å². The summed E-state index contributed by atoms with van der Waals surface area (Å²) in [6, 6.07) is 13.0. The maximum absolute atomic E-state index is 10.6. The van der Waals surface area contributed by atoms with E-state index < -0.39 is 0 Å². The van der Waals surface area contributed by atoms with Gasteiger partial charge in [0.1, 0.15) is 12.4 Å². The number of carbonyl (C=O) groups is 1. The number of benzene rings is 1. The van der Waals surface area contributed by atoms with Gasteiger partial charge in [-0.05, 0) is 23.8 Å². The van der Waals surface area contributed by atoms with Crippen molar-refractivity contribution in [1.29, 1.82) is 0 Å². The lowest BCUT2D eigenvalue weighted by Gasteiger charge is -2.05. The highest BCUT2D eigenvalue weighted by Crippen LogP contribution is 2.27. The first-order valence-electron chi connectivity index (χ1n) is 5.97. The average molecular weight is 252 g/mol. The molecular weight excluding hydrogens is 240 g/mol. The number of aromatic nitrogens is 1. The Labute approximate surface area is 110 Å². The molecule has 0 fully saturated rings. The summed E-state index contributed by atoms with van der Waals surface area (Å²) in [5, 5.41) is 0. The fourth-order valence-electron chi connectivity index (χ4n) is 1.93. The quantitative estimate of drug-likeness (QED) is 0.853. The molecule has 0 spiro atoms. The normalized spacial score (nSPS) is 17.7. The van der Waals surface area contributed by atoms with Crippen LogP contribution < -0.4 is 5.48 Å². The first-order chi connectivity index (χ1) is 9.36. The molecule has 1 aliphatic rings. The topological polar surface area (TPSA) is 51.2 Å². The minimum absolute atomic E-state index is 0.193. The summed E-state index contributed by atoms with van der Waals surface area (Å²) in [5.74, 6) is 0. The highest BCUT2D eigenvalue weighted by atomic mass is 16.7. The van der Waals surface area contributed by atoms with Crippen LogP contribution in [-0.2, 0) is 4.84 Å². The van der Waals surface area contributed by atoms with Crippen LogP contribution in [0.1, 0.15) is 27.7 Å². The molecule has 1 N–H and O–H groups in total. The number of hydrogen-bond donors (Lipinski definition) is 1. The largest absolute Gasteiger partial charge is 0.298 e. The van der Waals surface area contributed by atoms with E-state index in [1.54, 1.807) is 18.3 Å². The molecule has 1 unspecified atom stereocenters. The molecule has 2 heterocycles. The molecule has 4 nitrogen and oxygen atoms in total. The van der Waals surface area contributed by atoms with Gasteiger partial charge < -0.3 is 0 Å². The van der Waals surface area contributed by atoms with Crippen LogP contribution in [0.5, 0.6) is 0 Å². The number of hydroxylamine groups is 1. The van der Waals surface area contributed by atoms with Crippen molar-refractivity contribution < 1.29 is 9.63 Å². The lowest BCUT2D eigenvalue weighted by atomic mass is 10.1. The van der Waals surface area contributed by atoms with Crippen LogP contribution in [0.3, 0.4) is 0 Å². The zero-order chi connectivity index (χ0) is 13.1. The summed E-state index contributed by atoms with van der Waals surface area (Å²) >= 11 is 0. The van der Waals surface area contributed by atoms with Gasteiger partial charge in [-0.1, -0.05) is 30.3 Å². The van der Waals surface area contributed by atoms with E-state index in [2.05, 4.69) is 10.5 Å². The summed E-state index contributed by atoms with van der Waals surface area (Å²) in [7, 11) is 0. The fourth-order valence-corrected chi connectivity index (χ4v) is 1.93. The van der Waals surface area contributed by atoms with Gasteiger partial charge in [-0.15, -0.1) is 0 Å². The standard InChI is InChI=1S/C15H12N2O2/c18-10-11-4-6-12(7-5-11)14-9-15(19-17-14)13-3-1-2-8-16-13/h1-10,15,17H. The van der Waals surface area contributed by atoms with E-state index in [4.69, 9.17) is 4.84 Å². The van der Waals surface area contributed by atoms with E-state index in [0.717, 1.165) is 23.2 Å². The van der Waals surface area contributed by atoms with Crippen LogP contribution in [0.25, 0.3) is 5.70 Å². The number of rotatable bonds is 3. The van der Waals surface area contributed by atoms with Crippen LogP contribution >= 0.6 is 0 Å². The number of aldehydes is 1. The number of hydrogen-bond acceptors (Lipinski definition) is 4. The lowest BCUT2D eigenvalue weighted by molar-refractivity contribution is 0.0487. The summed E-state index contributed by atoms with van der Waals surface area (Å²) < 4.78 is 0. The molecule has 0 aliphatic carbocycles. The van der Waals surface area contributed by atoms with Crippen molar-refractivity contribution in [1.82, 2.24) is 10.5 Å². The van der Waals surface area contributed by atoms with E-state index in [1.807, 2.05) is 36.4 Å². The smallest absolute Gasteiger partial charge is 0.150 e. The van der Waals surface area contributed by atoms with Gasteiger partial charge >= 0.3 is 0 Å². The first kappa shape index (κ1) is 11.6. The predicted octanol–water partition coefficient (Wildman–Crippen LogP) is 2.51. The molecule has 94 valence electrons. The molecule has 1 aliphatic heterocycles. The third kappa shape index (κ3) is 2.39. The van der Waals surface area contributed by atoms with Crippen LogP contribution in [-0.4, -0.2) is 11.3 Å². The molecule has 2 aromatic rings. The predicted molar refractivity (Wildman–Crippen MR) is 71.0 cm³/mol. The third-order valence-electron chi connectivity index (χ3n) is 2.95. The van der Waals surface area contributed by atoms with Gasteiger partial charge in [-0.3, -0.25) is 20.1 Å². The van der Waals surface area contributed by atoms with Crippen molar-refractivity contribution >= 4 is 12.0 Å². The summed E-state index contributed by atoms with van der Waals surface area (Å²) in [6.07, 6.45) is 4.34. The molecule has 1 aromatic carbocycles. The maximum Gasteiger partial charge on any atom is 0.150 e. The first-order valence-corrected chi connectivity index (χ1v) is 5.97. The zero-order valence-corrected chi connectivity index (χ0v) is 10.1. The maximum atomic E-state index is 10.6. The Morgan fingerprint density at radius 3 is 2.68 bits per heavy atom. The zero-order valence-electron chi connectivity index (χ0n) is 10.1. The Hall–Kier alpha value is -2.46. The van der Waals surface area contributed by atoms with Gasteiger partial charge in [0.15, 0.2) is 0 Å². The van der Waals surface area contributed by atoms with Crippen molar-refractivity contribution in [2.75, 3.05) is 0 Å². The number of carbonyl (C=O) groups excluding carboxylic acids is 1. The Balaban J connectivity index is 1.84. The van der Waals surface area contributed by atoms with Crippen LogP contribution in [0.4, 0.5) is 0 Å². The van der Waals surface area contributed by atoms with E-state index in [1.165, 1.54) is 0 Å². The van der Waals surface area contributed by atoms with E-state index >= 15 is 0 Å². The molecule has 0 amide bonds. The molecular formula is C15H12N2O2. The van der Waals surface area contributed by atoms with Crippen LogP contribution in [0.2, 0.25) is 0 Å². The van der Waals surface area contributed by atoms with Gasteiger partial charge in [-0.2, -0.15) is 0 Å². The Bertz CT molecular complexity index is 606. The molecule has 0 radical (unpaired) electrons. The van der Waals surface area contributed by atoms with Crippen molar-refractivity contribution in [2.45, 2.75) is 6.10 Å². The summed E-state index contributed by atoms with van der Waals surface area (Å²) in [6.45, 7) is 0. The van der Waals surface area contributed by atoms with E-state index in [0.29, 0.717) is 5.56 Å². The molecule has 0 bridgehead atoms. The minimum Gasteiger partial charge on any atom is -0.298 e. The molecule has 1 atom stereocenters. The summed E-state index contributed by atoms with van der Waals surface area (Å²) in [4.78, 5) is 20.4. The van der Waals surface area contributed by atoms with Gasteiger partial charge in [-0.25, -0.2) is 0 Å². The minimum atomic E-state index is -0.193. The second-order valence-corrected chi connectivity index (χ2v) is 4.22. The van der Waals surface area contributed by atoms with Crippen LogP contribution in [0.15, 0.2) is 54.7 Å². The SMILES string of the molecule is O=Cc1ccc(C2=CC(c3ccccn3)ON2)cc1. The highest BCUT2D eigenvalue weighted by molar-refractivity contribution is 5.76. The monoisotopic (exact) mass is 252 g/mol. The molecule has 4 heteroatoms. The highest BCUT2D eigenvalue weighted by Gasteiger charge is 2.19. The van der Waals surface area contributed by atoms with Crippen molar-refractivity contribution in [3.05, 3.63) is 71.6 Å². The third-order valence-corrected chi connectivity index (χ3v) is 2.95. The van der Waals surface area contributed by atoms with Crippen molar-refractivity contribution in [2.24, 2.45) is 0 Å². The number of pyridine rings is 1. The Morgan fingerprint density at radius 2 is 2.00 bits per heavy atom. The van der Waals surface area contributed by atoms with E-state index in [9.17, 15) is 4.79 Å². The second kappa shape index (κ2) is 5.04. The summed E-state index contributed by atoms with van der Waals surface area (Å²) in [5.41, 5.74) is 6.26. The van der Waals surface area contributed by atoms with Gasteiger partial charge in [0.2, 0.25) is 0 Å². The van der Waals surface area contributed by atoms with Gasteiger partial charge in [0.05, 0.1) is 11.4 Å². The lowest BCUT2D eigenvalue weighted by Crippen LogP contribution is -2.08. The second-order valence-electron chi connectivity index (χ2n) is 4.22. The Kier molecular flexibility index (Phi) is 3.08. The van der Waals surface area contributed by atoms with E-state index in [-0.39, 0.29) is 6.10 Å².